The molecule has 0 radical (unpaired) electrons. The normalized spacial score (nSPS) is 12.3. The predicted octanol–water partition coefficient (Wildman–Crippen LogP) is 5.08. The molecule has 0 saturated heterocycles. The summed E-state index contributed by atoms with van der Waals surface area (Å²) in [6.45, 7) is 3.83. The van der Waals surface area contributed by atoms with E-state index in [9.17, 15) is 9.90 Å². The van der Waals surface area contributed by atoms with Gasteiger partial charge in [0, 0.05) is 42.1 Å². The molecule has 1 atom stereocenters. The molecule has 1 N–H and O–H groups in total. The van der Waals surface area contributed by atoms with E-state index in [2.05, 4.69) is 39.9 Å². The molecule has 0 unspecified atom stereocenters. The van der Waals surface area contributed by atoms with Crippen LogP contribution in [0, 0.1) is 0 Å². The van der Waals surface area contributed by atoms with Crippen LogP contribution in [0.5, 0.6) is 5.75 Å². The van der Waals surface area contributed by atoms with Crippen molar-refractivity contribution in [2.75, 3.05) is 13.2 Å². The summed E-state index contributed by atoms with van der Waals surface area (Å²) in [5.41, 5.74) is 3.26. The quantitative estimate of drug-likeness (QED) is 0.335. The van der Waals surface area contributed by atoms with E-state index in [1.807, 2.05) is 43.6 Å². The van der Waals surface area contributed by atoms with E-state index < -0.39 is 12.1 Å². The van der Waals surface area contributed by atoms with Crippen molar-refractivity contribution in [2.45, 2.75) is 38.8 Å². The number of ether oxygens (including phenoxy) is 2. The van der Waals surface area contributed by atoms with E-state index in [0.29, 0.717) is 19.6 Å². The molecule has 2 heterocycles. The van der Waals surface area contributed by atoms with Crippen molar-refractivity contribution >= 4 is 27.8 Å². The Morgan fingerprint density at radius 2 is 1.81 bits per heavy atom. The molecule has 0 aliphatic heterocycles. The van der Waals surface area contributed by atoms with Crippen LogP contribution in [0.2, 0.25) is 0 Å². The molecular formula is C26H28N2O4. The third kappa shape index (κ3) is 4.92. The number of nitrogens with zero attached hydrogens (tertiary/aromatic N) is 2. The first kappa shape index (κ1) is 21.8. The van der Waals surface area contributed by atoms with Gasteiger partial charge in [-0.2, -0.15) is 0 Å². The Bertz CT molecular complexity index is 1130. The highest BCUT2D eigenvalue weighted by Gasteiger charge is 2.18. The van der Waals surface area contributed by atoms with Crippen molar-refractivity contribution < 1.29 is 19.4 Å². The fourth-order valence-corrected chi connectivity index (χ4v) is 3.96. The van der Waals surface area contributed by atoms with Crippen LogP contribution in [0.25, 0.3) is 21.8 Å². The smallest absolute Gasteiger partial charge is 0.333 e. The fourth-order valence-electron chi connectivity index (χ4n) is 3.96. The number of aryl methyl sites for hydroxylation is 1. The number of fused-ring (bicyclic) bond motifs is 3. The largest absolute Gasteiger partial charge is 0.494 e. The van der Waals surface area contributed by atoms with Crippen molar-refractivity contribution in [3.8, 4) is 5.75 Å². The number of aliphatic carboxylic acids is 1. The average Bonchev–Trinajstić information content (AvgIpc) is 3.14. The lowest BCUT2D eigenvalue weighted by Crippen LogP contribution is -2.26. The van der Waals surface area contributed by atoms with Crippen LogP contribution in [-0.4, -0.2) is 39.9 Å². The standard InChI is InChI=1S/C26H28N2O4/c1-2-15-32-25(26(29)30)17-19-8-10-20(11-9-19)31-16-5-14-28-23-7-4-3-6-21(23)22-12-13-27-18-24(22)28/h3-4,6-13,18,25H,2,5,14-17H2,1H3,(H,29,30)/t25-/m0/s1. The van der Waals surface area contributed by atoms with Gasteiger partial charge in [0.2, 0.25) is 0 Å². The third-order valence-corrected chi connectivity index (χ3v) is 5.51. The number of carbonyl (C=O) groups is 1. The molecule has 166 valence electrons. The van der Waals surface area contributed by atoms with Crippen LogP contribution < -0.4 is 4.74 Å². The zero-order valence-corrected chi connectivity index (χ0v) is 18.2. The topological polar surface area (TPSA) is 73.6 Å². The number of carboxylic acids is 1. The Balaban J connectivity index is 1.34. The monoisotopic (exact) mass is 432 g/mol. The molecule has 4 aromatic rings. The minimum Gasteiger partial charge on any atom is -0.494 e. The molecule has 0 fully saturated rings. The summed E-state index contributed by atoms with van der Waals surface area (Å²) in [6.07, 6.45) is 4.93. The van der Waals surface area contributed by atoms with Crippen LogP contribution in [0.1, 0.15) is 25.3 Å². The van der Waals surface area contributed by atoms with Crippen molar-refractivity contribution in [1.82, 2.24) is 9.55 Å². The SMILES string of the molecule is CCCO[C@@H](Cc1ccc(OCCCn2c3ccccc3c3ccncc32)cc1)C(=O)O. The van der Waals surface area contributed by atoms with E-state index >= 15 is 0 Å². The van der Waals surface area contributed by atoms with Crippen LogP contribution in [0.4, 0.5) is 0 Å². The predicted molar refractivity (Wildman–Crippen MR) is 125 cm³/mol. The van der Waals surface area contributed by atoms with Gasteiger partial charge in [-0.25, -0.2) is 4.79 Å². The Kier molecular flexibility index (Phi) is 7.02. The van der Waals surface area contributed by atoms with Gasteiger partial charge in [-0.3, -0.25) is 4.98 Å². The summed E-state index contributed by atoms with van der Waals surface area (Å²) < 4.78 is 13.6. The van der Waals surface area contributed by atoms with Crippen molar-refractivity contribution in [3.63, 3.8) is 0 Å². The summed E-state index contributed by atoms with van der Waals surface area (Å²) >= 11 is 0. The van der Waals surface area contributed by atoms with Gasteiger partial charge in [0.25, 0.3) is 0 Å². The third-order valence-electron chi connectivity index (χ3n) is 5.51. The van der Waals surface area contributed by atoms with Gasteiger partial charge >= 0.3 is 5.97 Å². The fraction of sp³-hybridized carbons (Fsp3) is 0.308. The van der Waals surface area contributed by atoms with Gasteiger partial charge in [-0.1, -0.05) is 37.3 Å². The number of hydrogen-bond acceptors (Lipinski definition) is 4. The van der Waals surface area contributed by atoms with Gasteiger partial charge in [-0.15, -0.1) is 0 Å². The number of carboxylic acid groups (broad SMARTS) is 1. The highest BCUT2D eigenvalue weighted by atomic mass is 16.5. The second-order valence-corrected chi connectivity index (χ2v) is 7.81. The number of aromatic nitrogens is 2. The molecule has 0 aliphatic carbocycles. The number of hydrogen-bond donors (Lipinski definition) is 1. The molecule has 0 bridgehead atoms. The molecule has 0 saturated carbocycles. The van der Waals surface area contributed by atoms with Crippen molar-refractivity contribution in [1.29, 1.82) is 0 Å². The van der Waals surface area contributed by atoms with E-state index in [-0.39, 0.29) is 0 Å². The minimum absolute atomic E-state index is 0.345. The second-order valence-electron chi connectivity index (χ2n) is 7.81. The van der Waals surface area contributed by atoms with Gasteiger partial charge < -0.3 is 19.1 Å². The number of benzene rings is 2. The number of rotatable bonds is 11. The highest BCUT2D eigenvalue weighted by molar-refractivity contribution is 6.07. The highest BCUT2D eigenvalue weighted by Crippen LogP contribution is 2.28. The first-order chi connectivity index (χ1) is 15.7. The lowest BCUT2D eigenvalue weighted by atomic mass is 10.1. The van der Waals surface area contributed by atoms with Crippen molar-refractivity contribution in [2.24, 2.45) is 0 Å². The van der Waals surface area contributed by atoms with E-state index in [1.165, 1.54) is 16.3 Å². The molecule has 0 aliphatic rings. The number of pyridine rings is 1. The first-order valence-electron chi connectivity index (χ1n) is 11.0. The summed E-state index contributed by atoms with van der Waals surface area (Å²) in [5, 5.41) is 11.8. The number of para-hydroxylation sites is 1. The Hall–Kier alpha value is -3.38. The van der Waals surface area contributed by atoms with Crippen LogP contribution >= 0.6 is 0 Å². The molecule has 6 nitrogen and oxygen atoms in total. The minimum atomic E-state index is -0.931. The molecule has 32 heavy (non-hydrogen) atoms. The van der Waals surface area contributed by atoms with Gasteiger partial charge in [0.05, 0.1) is 18.3 Å². The lowest BCUT2D eigenvalue weighted by Gasteiger charge is -2.14. The first-order valence-corrected chi connectivity index (χ1v) is 11.0. The summed E-state index contributed by atoms with van der Waals surface area (Å²) in [6, 6.07) is 18.1. The van der Waals surface area contributed by atoms with E-state index in [4.69, 9.17) is 9.47 Å². The summed E-state index contributed by atoms with van der Waals surface area (Å²) in [7, 11) is 0. The van der Waals surface area contributed by atoms with Gasteiger partial charge in [-0.05, 0) is 42.7 Å². The lowest BCUT2D eigenvalue weighted by molar-refractivity contribution is -0.150. The maximum atomic E-state index is 11.4. The maximum Gasteiger partial charge on any atom is 0.333 e. The van der Waals surface area contributed by atoms with Crippen LogP contribution in [-0.2, 0) is 22.5 Å². The molecular weight excluding hydrogens is 404 g/mol. The van der Waals surface area contributed by atoms with Gasteiger partial charge in [0.1, 0.15) is 5.75 Å². The van der Waals surface area contributed by atoms with Gasteiger partial charge in [0.15, 0.2) is 6.10 Å². The maximum absolute atomic E-state index is 11.4. The zero-order chi connectivity index (χ0) is 22.3. The molecule has 2 aromatic carbocycles. The van der Waals surface area contributed by atoms with Crippen LogP contribution in [0.15, 0.2) is 67.0 Å². The Morgan fingerprint density at radius 3 is 2.59 bits per heavy atom. The molecule has 0 spiro atoms. The second kappa shape index (κ2) is 10.3. The average molecular weight is 433 g/mol. The Morgan fingerprint density at radius 1 is 1.03 bits per heavy atom. The molecule has 2 aromatic heterocycles. The molecule has 4 rings (SSSR count). The van der Waals surface area contributed by atoms with Crippen LogP contribution in [0.3, 0.4) is 0 Å². The molecule has 6 heteroatoms. The zero-order valence-electron chi connectivity index (χ0n) is 18.2. The molecule has 0 amide bonds. The van der Waals surface area contributed by atoms with E-state index in [1.54, 1.807) is 0 Å². The van der Waals surface area contributed by atoms with E-state index in [0.717, 1.165) is 36.2 Å². The van der Waals surface area contributed by atoms with Crippen molar-refractivity contribution in [3.05, 3.63) is 72.6 Å². The summed E-state index contributed by atoms with van der Waals surface area (Å²) in [5.74, 6) is -0.155. The summed E-state index contributed by atoms with van der Waals surface area (Å²) in [4.78, 5) is 15.7. The Labute approximate surface area is 187 Å².